The van der Waals surface area contributed by atoms with E-state index in [1.54, 1.807) is 0 Å². The van der Waals surface area contributed by atoms with Crippen LogP contribution in [0, 0.1) is 0 Å². The molecule has 0 bridgehead atoms. The van der Waals surface area contributed by atoms with Crippen LogP contribution in [0.2, 0.25) is 0 Å². The van der Waals surface area contributed by atoms with Crippen molar-refractivity contribution in [2.45, 2.75) is 50.8 Å². The number of hydrogen-bond donors (Lipinski definition) is 1. The molecule has 3 nitrogen and oxygen atoms in total. The Morgan fingerprint density at radius 1 is 1.40 bits per heavy atom. The van der Waals surface area contributed by atoms with Gasteiger partial charge in [-0.05, 0) is 25.7 Å². The SMILES string of the molecule is CCC1CN(C2CCCC2OC)CCN1. The van der Waals surface area contributed by atoms with E-state index in [1.165, 1.54) is 38.8 Å². The molecule has 2 aliphatic rings. The molecule has 0 amide bonds. The van der Waals surface area contributed by atoms with Crippen molar-refractivity contribution in [2.75, 3.05) is 26.7 Å². The summed E-state index contributed by atoms with van der Waals surface area (Å²) in [4.78, 5) is 2.64. The summed E-state index contributed by atoms with van der Waals surface area (Å²) in [6.45, 7) is 5.82. The number of methoxy groups -OCH3 is 1. The second kappa shape index (κ2) is 5.28. The highest BCUT2D eigenvalue weighted by molar-refractivity contribution is 4.90. The van der Waals surface area contributed by atoms with Crippen LogP contribution in [0.3, 0.4) is 0 Å². The highest BCUT2D eigenvalue weighted by Crippen LogP contribution is 2.27. The third-order valence-corrected chi connectivity index (χ3v) is 3.97. The number of rotatable bonds is 3. The molecule has 15 heavy (non-hydrogen) atoms. The van der Waals surface area contributed by atoms with Gasteiger partial charge in [0, 0.05) is 38.8 Å². The minimum Gasteiger partial charge on any atom is -0.380 e. The molecule has 0 spiro atoms. The van der Waals surface area contributed by atoms with Crippen LogP contribution in [-0.2, 0) is 4.74 Å². The van der Waals surface area contributed by atoms with E-state index in [-0.39, 0.29) is 0 Å². The van der Waals surface area contributed by atoms with Gasteiger partial charge in [0.15, 0.2) is 0 Å². The van der Waals surface area contributed by atoms with Crippen LogP contribution in [0.15, 0.2) is 0 Å². The Hall–Kier alpha value is -0.120. The van der Waals surface area contributed by atoms with E-state index < -0.39 is 0 Å². The van der Waals surface area contributed by atoms with Crippen molar-refractivity contribution >= 4 is 0 Å². The summed E-state index contributed by atoms with van der Waals surface area (Å²) >= 11 is 0. The minimum absolute atomic E-state index is 0.487. The van der Waals surface area contributed by atoms with Crippen LogP contribution in [0.25, 0.3) is 0 Å². The Labute approximate surface area is 93.2 Å². The number of nitrogens with one attached hydrogen (secondary N) is 1. The van der Waals surface area contributed by atoms with E-state index in [9.17, 15) is 0 Å². The molecule has 2 fully saturated rings. The molecule has 1 heterocycles. The minimum atomic E-state index is 0.487. The first-order valence-electron chi connectivity index (χ1n) is 6.35. The predicted octanol–water partition coefficient (Wildman–Crippen LogP) is 1.24. The molecular formula is C12H24N2O. The smallest absolute Gasteiger partial charge is 0.0726 e. The Balaban J connectivity index is 1.91. The van der Waals surface area contributed by atoms with Gasteiger partial charge in [-0.1, -0.05) is 6.92 Å². The van der Waals surface area contributed by atoms with Crippen molar-refractivity contribution in [3.05, 3.63) is 0 Å². The van der Waals surface area contributed by atoms with Crippen molar-refractivity contribution in [3.63, 3.8) is 0 Å². The van der Waals surface area contributed by atoms with Crippen LogP contribution in [0.4, 0.5) is 0 Å². The summed E-state index contributed by atoms with van der Waals surface area (Å²) in [5.41, 5.74) is 0. The molecule has 0 aromatic heterocycles. The summed E-state index contributed by atoms with van der Waals surface area (Å²) in [7, 11) is 1.86. The molecule has 1 aliphatic heterocycles. The van der Waals surface area contributed by atoms with Gasteiger partial charge in [0.05, 0.1) is 6.10 Å². The molecule has 1 aliphatic carbocycles. The van der Waals surface area contributed by atoms with Crippen molar-refractivity contribution in [1.29, 1.82) is 0 Å². The third kappa shape index (κ3) is 2.52. The number of piperazine rings is 1. The molecule has 3 heteroatoms. The fraction of sp³-hybridized carbons (Fsp3) is 1.00. The highest BCUT2D eigenvalue weighted by Gasteiger charge is 2.34. The first-order chi connectivity index (χ1) is 7.35. The fourth-order valence-electron chi connectivity index (χ4n) is 3.02. The van der Waals surface area contributed by atoms with Crippen LogP contribution in [-0.4, -0.2) is 49.8 Å². The molecule has 0 aromatic carbocycles. The summed E-state index contributed by atoms with van der Waals surface area (Å²) < 4.78 is 5.58. The molecule has 3 atom stereocenters. The summed E-state index contributed by atoms with van der Waals surface area (Å²) in [5, 5.41) is 3.57. The maximum absolute atomic E-state index is 5.58. The number of nitrogens with zero attached hydrogens (tertiary/aromatic N) is 1. The van der Waals surface area contributed by atoms with Gasteiger partial charge < -0.3 is 10.1 Å². The van der Waals surface area contributed by atoms with E-state index in [1.807, 2.05) is 7.11 Å². The quantitative estimate of drug-likeness (QED) is 0.762. The molecule has 88 valence electrons. The van der Waals surface area contributed by atoms with E-state index in [2.05, 4.69) is 17.1 Å². The molecule has 1 saturated carbocycles. The van der Waals surface area contributed by atoms with Gasteiger partial charge >= 0.3 is 0 Å². The fourth-order valence-corrected chi connectivity index (χ4v) is 3.02. The molecule has 1 saturated heterocycles. The van der Waals surface area contributed by atoms with E-state index in [0.29, 0.717) is 18.2 Å². The number of hydrogen-bond acceptors (Lipinski definition) is 3. The predicted molar refractivity (Wildman–Crippen MR) is 62.1 cm³/mol. The van der Waals surface area contributed by atoms with Gasteiger partial charge in [-0.15, -0.1) is 0 Å². The summed E-state index contributed by atoms with van der Waals surface area (Å²) in [6, 6.07) is 1.38. The van der Waals surface area contributed by atoms with Gasteiger partial charge in [-0.3, -0.25) is 4.90 Å². The van der Waals surface area contributed by atoms with E-state index in [0.717, 1.165) is 6.54 Å². The molecule has 1 N–H and O–H groups in total. The van der Waals surface area contributed by atoms with Gasteiger partial charge in [-0.25, -0.2) is 0 Å². The Kier molecular flexibility index (Phi) is 4.00. The van der Waals surface area contributed by atoms with Crippen LogP contribution in [0.5, 0.6) is 0 Å². The Bertz CT molecular complexity index is 198. The monoisotopic (exact) mass is 212 g/mol. The summed E-state index contributed by atoms with van der Waals surface area (Å²) in [6.07, 6.45) is 5.64. The van der Waals surface area contributed by atoms with E-state index >= 15 is 0 Å². The molecule has 2 rings (SSSR count). The average molecular weight is 212 g/mol. The third-order valence-electron chi connectivity index (χ3n) is 3.97. The Morgan fingerprint density at radius 3 is 3.00 bits per heavy atom. The molecule has 3 unspecified atom stereocenters. The van der Waals surface area contributed by atoms with Crippen molar-refractivity contribution in [1.82, 2.24) is 10.2 Å². The maximum atomic E-state index is 5.58. The van der Waals surface area contributed by atoms with Gasteiger partial charge in [0.25, 0.3) is 0 Å². The Morgan fingerprint density at radius 2 is 2.27 bits per heavy atom. The van der Waals surface area contributed by atoms with Crippen molar-refractivity contribution in [2.24, 2.45) is 0 Å². The van der Waals surface area contributed by atoms with Crippen molar-refractivity contribution in [3.8, 4) is 0 Å². The molecule has 0 radical (unpaired) electrons. The second-order valence-electron chi connectivity index (χ2n) is 4.83. The lowest BCUT2D eigenvalue weighted by Crippen LogP contribution is -2.55. The average Bonchev–Trinajstić information content (AvgIpc) is 2.77. The van der Waals surface area contributed by atoms with Gasteiger partial charge in [0.1, 0.15) is 0 Å². The molecular weight excluding hydrogens is 188 g/mol. The number of ether oxygens (including phenoxy) is 1. The van der Waals surface area contributed by atoms with Crippen LogP contribution < -0.4 is 5.32 Å². The normalized spacial score (nSPS) is 38.4. The van der Waals surface area contributed by atoms with E-state index in [4.69, 9.17) is 4.74 Å². The second-order valence-corrected chi connectivity index (χ2v) is 4.83. The topological polar surface area (TPSA) is 24.5 Å². The van der Waals surface area contributed by atoms with Crippen LogP contribution >= 0.6 is 0 Å². The standard InChI is InChI=1S/C12H24N2O/c1-3-10-9-14(8-7-13-10)11-5-4-6-12(11)15-2/h10-13H,3-9H2,1-2H3. The first-order valence-corrected chi connectivity index (χ1v) is 6.35. The lowest BCUT2D eigenvalue weighted by molar-refractivity contribution is 0.0209. The first kappa shape index (κ1) is 11.4. The van der Waals surface area contributed by atoms with Crippen LogP contribution in [0.1, 0.15) is 32.6 Å². The zero-order chi connectivity index (χ0) is 10.7. The zero-order valence-electron chi connectivity index (χ0n) is 10.0. The lowest BCUT2D eigenvalue weighted by Gasteiger charge is -2.39. The molecule has 0 aromatic rings. The van der Waals surface area contributed by atoms with Gasteiger partial charge in [0.2, 0.25) is 0 Å². The zero-order valence-corrected chi connectivity index (χ0v) is 10.0. The van der Waals surface area contributed by atoms with Gasteiger partial charge in [-0.2, -0.15) is 0 Å². The largest absolute Gasteiger partial charge is 0.380 e. The summed E-state index contributed by atoms with van der Waals surface area (Å²) in [5.74, 6) is 0. The maximum Gasteiger partial charge on any atom is 0.0726 e. The highest BCUT2D eigenvalue weighted by atomic mass is 16.5. The van der Waals surface area contributed by atoms with Crippen molar-refractivity contribution < 1.29 is 4.74 Å². The lowest BCUT2D eigenvalue weighted by atomic mass is 10.1.